The summed E-state index contributed by atoms with van der Waals surface area (Å²) in [7, 11) is 0. The van der Waals surface area contributed by atoms with E-state index in [-0.39, 0.29) is 37.0 Å². The van der Waals surface area contributed by atoms with E-state index < -0.39 is 6.04 Å². The van der Waals surface area contributed by atoms with Gasteiger partial charge in [-0.25, -0.2) is 0 Å². The molecule has 1 aromatic heterocycles. The van der Waals surface area contributed by atoms with Gasteiger partial charge < -0.3 is 25.0 Å². The number of ether oxygens (including phenoxy) is 2. The van der Waals surface area contributed by atoms with Crippen molar-refractivity contribution in [3.05, 3.63) is 113 Å². The third-order valence-electron chi connectivity index (χ3n) is 7.73. The van der Waals surface area contributed by atoms with Gasteiger partial charge in [-0.3, -0.25) is 19.1 Å². The molecule has 10 nitrogen and oxygen atoms in total. The van der Waals surface area contributed by atoms with Crippen LogP contribution in [0.5, 0.6) is 11.5 Å². The number of amides is 3. The summed E-state index contributed by atoms with van der Waals surface area (Å²) in [5.41, 5.74) is 3.69. The molecule has 1 saturated heterocycles. The summed E-state index contributed by atoms with van der Waals surface area (Å²) in [5.74, 6) is 0.365. The zero-order valence-electron chi connectivity index (χ0n) is 23.9. The Morgan fingerprint density at radius 3 is 2.67 bits per heavy atom. The van der Waals surface area contributed by atoms with Crippen LogP contribution in [-0.4, -0.2) is 64.2 Å². The van der Waals surface area contributed by atoms with E-state index >= 15 is 0 Å². The van der Waals surface area contributed by atoms with Gasteiger partial charge in [-0.2, -0.15) is 5.10 Å². The van der Waals surface area contributed by atoms with Crippen LogP contribution in [-0.2, 0) is 17.9 Å². The number of nitrogens with one attached hydrogen (secondary N) is 2. The predicted molar refractivity (Wildman–Crippen MR) is 159 cm³/mol. The number of likely N-dealkylation sites (tertiary alicyclic amines) is 1. The molecule has 3 aliphatic rings. The Bertz CT molecular complexity index is 1620. The second-order valence-corrected chi connectivity index (χ2v) is 10.9. The van der Waals surface area contributed by atoms with Crippen molar-refractivity contribution in [1.82, 2.24) is 25.3 Å². The highest BCUT2D eigenvalue weighted by molar-refractivity contribution is 5.96. The van der Waals surface area contributed by atoms with Gasteiger partial charge in [0, 0.05) is 37.8 Å². The average Bonchev–Trinajstić information content (AvgIpc) is 3.49. The first-order valence-electron chi connectivity index (χ1n) is 14.3. The molecule has 10 heteroatoms. The summed E-state index contributed by atoms with van der Waals surface area (Å²) >= 11 is 0. The van der Waals surface area contributed by atoms with Crippen LogP contribution >= 0.6 is 0 Å². The van der Waals surface area contributed by atoms with E-state index in [2.05, 4.69) is 15.7 Å². The summed E-state index contributed by atoms with van der Waals surface area (Å²) < 4.78 is 13.9. The lowest BCUT2D eigenvalue weighted by Crippen LogP contribution is -2.58. The number of aryl methyl sites for hydroxylation is 1. The Morgan fingerprint density at radius 2 is 1.86 bits per heavy atom. The maximum Gasteiger partial charge on any atom is 0.258 e. The molecule has 3 aliphatic heterocycles. The number of aromatic nitrogens is 2. The van der Waals surface area contributed by atoms with Gasteiger partial charge >= 0.3 is 0 Å². The average molecular weight is 580 g/mol. The number of fused-ring (bicyclic) bond motifs is 7. The molecular formula is C33H33N5O5. The zero-order chi connectivity index (χ0) is 29.8. The van der Waals surface area contributed by atoms with Crippen LogP contribution in [0.15, 0.2) is 85.2 Å². The maximum absolute atomic E-state index is 13.6. The highest BCUT2D eigenvalue weighted by Gasteiger charge is 2.35. The van der Waals surface area contributed by atoms with E-state index in [9.17, 15) is 14.4 Å². The van der Waals surface area contributed by atoms with Crippen LogP contribution < -0.4 is 20.1 Å². The first-order valence-corrected chi connectivity index (χ1v) is 14.3. The monoisotopic (exact) mass is 579 g/mol. The van der Waals surface area contributed by atoms with Crippen molar-refractivity contribution in [3.8, 4) is 11.5 Å². The topological polar surface area (TPSA) is 115 Å². The van der Waals surface area contributed by atoms with E-state index in [1.165, 1.54) is 0 Å². The Hall–Kier alpha value is -5.12. The molecular weight excluding hydrogens is 546 g/mol. The number of carbonyl (C=O) groups is 3. The van der Waals surface area contributed by atoms with Crippen LogP contribution in [0.25, 0.3) is 0 Å². The smallest absolute Gasteiger partial charge is 0.258 e. The Labute approximate surface area is 249 Å². The largest absolute Gasteiger partial charge is 0.488 e. The molecule has 4 heterocycles. The number of carbonyl (C=O) groups excluding carboxylic acids is 3. The van der Waals surface area contributed by atoms with E-state index in [0.29, 0.717) is 48.7 Å². The lowest BCUT2D eigenvalue weighted by molar-refractivity contribution is -0.123. The first kappa shape index (κ1) is 28.0. The molecule has 0 saturated carbocycles. The van der Waals surface area contributed by atoms with Gasteiger partial charge in [0.1, 0.15) is 17.6 Å². The number of nitrogens with zero attached hydrogens (tertiary/aromatic N) is 3. The van der Waals surface area contributed by atoms with Crippen molar-refractivity contribution in [2.45, 2.75) is 38.6 Å². The molecule has 220 valence electrons. The van der Waals surface area contributed by atoms with Gasteiger partial charge in [0.2, 0.25) is 0 Å². The molecule has 0 unspecified atom stereocenters. The Balaban J connectivity index is 1.23. The fraction of sp³-hybridized carbons (Fsp3) is 0.273. The van der Waals surface area contributed by atoms with Crippen LogP contribution in [0.2, 0.25) is 0 Å². The molecule has 43 heavy (non-hydrogen) atoms. The number of rotatable bonds is 3. The van der Waals surface area contributed by atoms with Crippen molar-refractivity contribution < 1.29 is 23.9 Å². The summed E-state index contributed by atoms with van der Waals surface area (Å²) in [6, 6.07) is 22.1. The van der Waals surface area contributed by atoms with Gasteiger partial charge in [0.15, 0.2) is 6.61 Å². The number of hydrogen-bond acceptors (Lipinski definition) is 6. The fourth-order valence-electron chi connectivity index (χ4n) is 5.31. The van der Waals surface area contributed by atoms with E-state index in [4.69, 9.17) is 9.47 Å². The lowest BCUT2D eigenvalue weighted by atomic mass is 10.00. The highest BCUT2D eigenvalue weighted by Crippen LogP contribution is 2.24. The number of hydrogen-bond donors (Lipinski definition) is 2. The third-order valence-corrected chi connectivity index (χ3v) is 7.73. The fourth-order valence-corrected chi connectivity index (χ4v) is 5.31. The van der Waals surface area contributed by atoms with Crippen LogP contribution in [0.4, 0.5) is 0 Å². The normalized spacial score (nSPS) is 18.9. The van der Waals surface area contributed by atoms with Crippen molar-refractivity contribution in [1.29, 1.82) is 0 Å². The van der Waals surface area contributed by atoms with Crippen LogP contribution in [0, 0.1) is 6.92 Å². The minimum atomic E-state index is -0.478. The molecule has 2 atom stereocenters. The highest BCUT2D eigenvalue weighted by atomic mass is 16.5. The van der Waals surface area contributed by atoms with E-state index in [1.807, 2.05) is 61.5 Å². The molecule has 4 aromatic rings. The molecule has 2 N–H and O–H groups in total. The third kappa shape index (κ3) is 6.69. The number of piperidine rings is 1. The van der Waals surface area contributed by atoms with Gasteiger partial charge in [-0.15, -0.1) is 0 Å². The summed E-state index contributed by atoms with van der Waals surface area (Å²) in [6.45, 7) is 3.34. The molecule has 1 fully saturated rings. The molecule has 3 aromatic carbocycles. The quantitative estimate of drug-likeness (QED) is 0.385. The SMILES string of the molecule is Cc1ccc2cc1OCC(=O)NCc1ccc(cc1)O[C@H]1CCN(C(=O)c3cnn(Cc4ccccc4)c3)C[C@@H]1NC2=O. The lowest BCUT2D eigenvalue weighted by Gasteiger charge is -2.38. The standard InChI is InChI=1S/C33H33N5O5/c1-22-7-10-25-15-30(22)42-21-31(39)34-16-23-8-11-27(12-9-23)43-29-13-14-37(20-28(29)36-32(25)40)33(41)26-17-35-38(19-26)18-24-5-3-2-4-6-24/h2-12,15,17,19,28-29H,13-14,16,18,20-21H2,1H3,(H,34,39)(H,36,40)/t28-,29-/m0/s1. The van der Waals surface area contributed by atoms with Crippen molar-refractivity contribution in [2.75, 3.05) is 19.7 Å². The van der Waals surface area contributed by atoms with Gasteiger partial charge in [0.05, 0.1) is 24.3 Å². The van der Waals surface area contributed by atoms with Gasteiger partial charge in [0.25, 0.3) is 17.7 Å². The molecule has 4 bridgehead atoms. The molecule has 3 amide bonds. The zero-order valence-corrected chi connectivity index (χ0v) is 23.9. The predicted octanol–water partition coefficient (Wildman–Crippen LogP) is 3.34. The second kappa shape index (κ2) is 12.4. The van der Waals surface area contributed by atoms with Gasteiger partial charge in [-0.1, -0.05) is 48.5 Å². The first-order chi connectivity index (χ1) is 20.9. The molecule has 0 spiro atoms. The minimum absolute atomic E-state index is 0.150. The summed E-state index contributed by atoms with van der Waals surface area (Å²) in [5, 5.41) is 10.3. The van der Waals surface area contributed by atoms with Gasteiger partial charge in [-0.05, 0) is 47.9 Å². The number of benzene rings is 3. The van der Waals surface area contributed by atoms with Crippen molar-refractivity contribution in [3.63, 3.8) is 0 Å². The molecule has 0 radical (unpaired) electrons. The Kier molecular flexibility index (Phi) is 8.08. The van der Waals surface area contributed by atoms with Crippen molar-refractivity contribution >= 4 is 17.7 Å². The molecule has 7 rings (SSSR count). The van der Waals surface area contributed by atoms with E-state index in [1.54, 1.807) is 40.2 Å². The minimum Gasteiger partial charge on any atom is -0.488 e. The van der Waals surface area contributed by atoms with Crippen LogP contribution in [0.3, 0.4) is 0 Å². The summed E-state index contributed by atoms with van der Waals surface area (Å²) in [6.07, 6.45) is 3.50. The molecule has 0 aliphatic carbocycles. The van der Waals surface area contributed by atoms with E-state index in [0.717, 1.165) is 16.7 Å². The summed E-state index contributed by atoms with van der Waals surface area (Å²) in [4.78, 5) is 41.2. The second-order valence-electron chi connectivity index (χ2n) is 10.9. The van der Waals surface area contributed by atoms with Crippen LogP contribution in [0.1, 0.15) is 43.8 Å². The van der Waals surface area contributed by atoms with Crippen molar-refractivity contribution in [2.24, 2.45) is 0 Å². The maximum atomic E-state index is 13.6. The Morgan fingerprint density at radius 1 is 1.05 bits per heavy atom.